The van der Waals surface area contributed by atoms with Crippen LogP contribution in [-0.4, -0.2) is 25.2 Å². The number of carbonyl (C=O) groups is 2. The monoisotopic (exact) mass is 265 g/mol. The number of hydrogen-bond donors (Lipinski definition) is 1. The molecule has 0 saturated carbocycles. The summed E-state index contributed by atoms with van der Waals surface area (Å²) < 4.78 is 9.86. The van der Waals surface area contributed by atoms with Gasteiger partial charge in [-0.2, -0.15) is 0 Å². The standard InChI is InChI=1S/C14H19NO4/c1-2-10-18-13(16)8-9-15-14(17)19-11-12-6-4-3-5-7-12/h3-7H,2,8-11H2,1H3,(H,15,17). The van der Waals surface area contributed by atoms with Crippen LogP contribution >= 0.6 is 0 Å². The summed E-state index contributed by atoms with van der Waals surface area (Å²) in [6.45, 7) is 2.77. The molecule has 1 N–H and O–H groups in total. The average molecular weight is 265 g/mol. The molecule has 5 heteroatoms. The Balaban J connectivity index is 2.10. The van der Waals surface area contributed by atoms with E-state index in [1.807, 2.05) is 37.3 Å². The Hall–Kier alpha value is -2.04. The Morgan fingerprint density at radius 1 is 1.16 bits per heavy atom. The molecule has 1 aromatic carbocycles. The molecular formula is C14H19NO4. The van der Waals surface area contributed by atoms with Crippen molar-refractivity contribution < 1.29 is 19.1 Å². The maximum absolute atomic E-state index is 11.3. The highest BCUT2D eigenvalue weighted by atomic mass is 16.5. The molecule has 0 bridgehead atoms. The fourth-order valence-corrected chi connectivity index (χ4v) is 1.33. The second-order valence-corrected chi connectivity index (χ2v) is 3.96. The predicted octanol–water partition coefficient (Wildman–Crippen LogP) is 2.26. The lowest BCUT2D eigenvalue weighted by atomic mass is 10.2. The summed E-state index contributed by atoms with van der Waals surface area (Å²) in [6.07, 6.45) is 0.408. The van der Waals surface area contributed by atoms with Crippen LogP contribution in [0.1, 0.15) is 25.3 Å². The lowest BCUT2D eigenvalue weighted by Gasteiger charge is -2.07. The van der Waals surface area contributed by atoms with E-state index in [4.69, 9.17) is 9.47 Å². The molecule has 0 aliphatic carbocycles. The van der Waals surface area contributed by atoms with Gasteiger partial charge in [-0.1, -0.05) is 37.3 Å². The van der Waals surface area contributed by atoms with Gasteiger partial charge in [0.05, 0.1) is 13.0 Å². The van der Waals surface area contributed by atoms with Gasteiger partial charge in [0.15, 0.2) is 0 Å². The first-order valence-corrected chi connectivity index (χ1v) is 6.32. The quantitative estimate of drug-likeness (QED) is 0.768. The van der Waals surface area contributed by atoms with E-state index in [-0.39, 0.29) is 25.5 Å². The average Bonchev–Trinajstić information content (AvgIpc) is 2.44. The summed E-state index contributed by atoms with van der Waals surface area (Å²) in [7, 11) is 0. The number of amides is 1. The van der Waals surface area contributed by atoms with Crippen LogP contribution in [-0.2, 0) is 20.9 Å². The third kappa shape index (κ3) is 7.08. The molecule has 0 atom stereocenters. The number of alkyl carbamates (subject to hydrolysis) is 1. The third-order valence-electron chi connectivity index (χ3n) is 2.28. The van der Waals surface area contributed by atoms with Gasteiger partial charge in [-0.3, -0.25) is 4.79 Å². The van der Waals surface area contributed by atoms with Crippen molar-refractivity contribution in [2.45, 2.75) is 26.4 Å². The van der Waals surface area contributed by atoms with Crippen molar-refractivity contribution in [3.63, 3.8) is 0 Å². The fraction of sp³-hybridized carbons (Fsp3) is 0.429. The number of carbonyl (C=O) groups excluding carboxylic acids is 2. The Bertz CT molecular complexity index is 392. The van der Waals surface area contributed by atoms with Crippen LogP contribution in [0.2, 0.25) is 0 Å². The first kappa shape index (κ1) is 15.0. The zero-order valence-electron chi connectivity index (χ0n) is 11.1. The fourth-order valence-electron chi connectivity index (χ4n) is 1.33. The van der Waals surface area contributed by atoms with E-state index in [9.17, 15) is 9.59 Å². The van der Waals surface area contributed by atoms with Gasteiger partial charge >= 0.3 is 12.1 Å². The molecule has 1 aromatic rings. The minimum atomic E-state index is -0.535. The first-order valence-electron chi connectivity index (χ1n) is 6.32. The van der Waals surface area contributed by atoms with Crippen molar-refractivity contribution in [1.82, 2.24) is 5.32 Å². The molecule has 0 radical (unpaired) electrons. The largest absolute Gasteiger partial charge is 0.466 e. The third-order valence-corrected chi connectivity index (χ3v) is 2.28. The lowest BCUT2D eigenvalue weighted by molar-refractivity contribution is -0.143. The first-order chi connectivity index (χ1) is 9.22. The summed E-state index contributed by atoms with van der Waals surface area (Å²) in [5, 5.41) is 2.50. The summed E-state index contributed by atoms with van der Waals surface area (Å²) in [4.78, 5) is 22.5. The van der Waals surface area contributed by atoms with Crippen LogP contribution in [0.5, 0.6) is 0 Å². The van der Waals surface area contributed by atoms with Crippen LogP contribution < -0.4 is 5.32 Å². The summed E-state index contributed by atoms with van der Waals surface area (Å²) >= 11 is 0. The number of esters is 1. The highest BCUT2D eigenvalue weighted by Gasteiger charge is 2.05. The molecule has 0 aliphatic rings. The Morgan fingerprint density at radius 3 is 2.58 bits per heavy atom. The molecule has 19 heavy (non-hydrogen) atoms. The van der Waals surface area contributed by atoms with Gasteiger partial charge in [0.25, 0.3) is 0 Å². The number of ether oxygens (including phenoxy) is 2. The minimum absolute atomic E-state index is 0.153. The highest BCUT2D eigenvalue weighted by Crippen LogP contribution is 2.00. The van der Waals surface area contributed by atoms with E-state index in [1.54, 1.807) is 0 Å². The topological polar surface area (TPSA) is 64.6 Å². The molecule has 0 saturated heterocycles. The lowest BCUT2D eigenvalue weighted by Crippen LogP contribution is -2.27. The van der Waals surface area contributed by atoms with Gasteiger partial charge in [0, 0.05) is 6.54 Å². The van der Waals surface area contributed by atoms with Crippen molar-refractivity contribution in [3.05, 3.63) is 35.9 Å². The van der Waals surface area contributed by atoms with E-state index in [1.165, 1.54) is 0 Å². The van der Waals surface area contributed by atoms with Crippen molar-refractivity contribution >= 4 is 12.1 Å². The number of hydrogen-bond acceptors (Lipinski definition) is 4. The maximum atomic E-state index is 11.3. The molecule has 5 nitrogen and oxygen atoms in total. The number of nitrogens with one attached hydrogen (secondary N) is 1. The Kier molecular flexibility index (Phi) is 7.09. The molecule has 0 aliphatic heterocycles. The molecule has 0 fully saturated rings. The van der Waals surface area contributed by atoms with Crippen molar-refractivity contribution in [2.75, 3.05) is 13.2 Å². The van der Waals surface area contributed by atoms with Gasteiger partial charge in [-0.15, -0.1) is 0 Å². The van der Waals surface area contributed by atoms with E-state index in [2.05, 4.69) is 5.32 Å². The van der Waals surface area contributed by atoms with Crippen LogP contribution in [0.25, 0.3) is 0 Å². The molecule has 0 spiro atoms. The van der Waals surface area contributed by atoms with Gasteiger partial charge in [-0.25, -0.2) is 4.79 Å². The SMILES string of the molecule is CCCOC(=O)CCNC(=O)OCc1ccccc1. The van der Waals surface area contributed by atoms with Gasteiger partial charge in [-0.05, 0) is 12.0 Å². The smallest absolute Gasteiger partial charge is 0.407 e. The Labute approximate surface area is 112 Å². The summed E-state index contributed by atoms with van der Waals surface area (Å²) in [5.74, 6) is -0.315. The molecule has 0 aromatic heterocycles. The zero-order valence-corrected chi connectivity index (χ0v) is 11.1. The second-order valence-electron chi connectivity index (χ2n) is 3.96. The van der Waals surface area contributed by atoms with Crippen LogP contribution in [0, 0.1) is 0 Å². The van der Waals surface area contributed by atoms with Gasteiger partial charge in [0.1, 0.15) is 6.61 Å². The summed E-state index contributed by atoms with van der Waals surface area (Å²) in [5.41, 5.74) is 0.917. The second kappa shape index (κ2) is 8.97. The van der Waals surface area contributed by atoms with Crippen molar-refractivity contribution in [1.29, 1.82) is 0 Å². The normalized spacial score (nSPS) is 9.74. The van der Waals surface area contributed by atoms with E-state index < -0.39 is 6.09 Å². The number of benzene rings is 1. The van der Waals surface area contributed by atoms with Crippen LogP contribution in [0.15, 0.2) is 30.3 Å². The maximum Gasteiger partial charge on any atom is 0.407 e. The van der Waals surface area contributed by atoms with Crippen LogP contribution in [0.3, 0.4) is 0 Å². The molecular weight excluding hydrogens is 246 g/mol. The zero-order chi connectivity index (χ0) is 13.9. The van der Waals surface area contributed by atoms with Crippen molar-refractivity contribution in [3.8, 4) is 0 Å². The summed E-state index contributed by atoms with van der Waals surface area (Å²) in [6, 6.07) is 9.39. The van der Waals surface area contributed by atoms with Gasteiger partial charge in [0.2, 0.25) is 0 Å². The molecule has 0 unspecified atom stereocenters. The minimum Gasteiger partial charge on any atom is -0.466 e. The highest BCUT2D eigenvalue weighted by molar-refractivity contribution is 5.71. The number of rotatable bonds is 7. The molecule has 1 rings (SSSR count). The Morgan fingerprint density at radius 2 is 1.89 bits per heavy atom. The predicted molar refractivity (Wildman–Crippen MR) is 70.5 cm³/mol. The molecule has 104 valence electrons. The van der Waals surface area contributed by atoms with Crippen LogP contribution in [0.4, 0.5) is 4.79 Å². The van der Waals surface area contributed by atoms with Crippen molar-refractivity contribution in [2.24, 2.45) is 0 Å². The van der Waals surface area contributed by atoms with E-state index in [0.29, 0.717) is 6.61 Å². The molecule has 1 amide bonds. The molecule has 0 heterocycles. The van der Waals surface area contributed by atoms with Gasteiger partial charge < -0.3 is 14.8 Å². The van der Waals surface area contributed by atoms with E-state index in [0.717, 1.165) is 12.0 Å². The van der Waals surface area contributed by atoms with E-state index >= 15 is 0 Å².